The summed E-state index contributed by atoms with van der Waals surface area (Å²) in [5, 5.41) is 16.8. The Kier molecular flexibility index (Phi) is 2.71. The SMILES string of the molecule is O[C@@H]1CN[C@@H](c2nc(C3COc4ccccc43)no2)C1. The predicted octanol–water partition coefficient (Wildman–Crippen LogP) is 0.989. The molecule has 0 bridgehead atoms. The summed E-state index contributed by atoms with van der Waals surface area (Å²) in [6, 6.07) is 7.86. The highest BCUT2D eigenvalue weighted by atomic mass is 16.5. The molecule has 104 valence electrons. The summed E-state index contributed by atoms with van der Waals surface area (Å²) in [7, 11) is 0. The Morgan fingerprint density at radius 1 is 1.30 bits per heavy atom. The van der Waals surface area contributed by atoms with Gasteiger partial charge in [0.05, 0.1) is 18.1 Å². The lowest BCUT2D eigenvalue weighted by Crippen LogP contribution is -2.15. The number of nitrogens with zero attached hydrogens (tertiary/aromatic N) is 2. The van der Waals surface area contributed by atoms with Gasteiger partial charge in [-0.1, -0.05) is 23.4 Å². The topological polar surface area (TPSA) is 80.4 Å². The fourth-order valence-electron chi connectivity index (χ4n) is 2.81. The zero-order chi connectivity index (χ0) is 13.5. The van der Waals surface area contributed by atoms with E-state index in [1.54, 1.807) is 0 Å². The van der Waals surface area contributed by atoms with Gasteiger partial charge in [-0.05, 0) is 12.5 Å². The van der Waals surface area contributed by atoms with Crippen LogP contribution in [-0.2, 0) is 0 Å². The van der Waals surface area contributed by atoms with E-state index in [1.165, 1.54) is 0 Å². The molecule has 6 nitrogen and oxygen atoms in total. The number of ether oxygens (including phenoxy) is 1. The van der Waals surface area contributed by atoms with Crippen molar-refractivity contribution in [1.82, 2.24) is 15.5 Å². The van der Waals surface area contributed by atoms with Gasteiger partial charge in [-0.15, -0.1) is 0 Å². The molecular weight excluding hydrogens is 258 g/mol. The lowest BCUT2D eigenvalue weighted by Gasteiger charge is -2.03. The standard InChI is InChI=1S/C14H15N3O3/c18-8-5-11(15-6-8)14-16-13(17-20-14)10-7-19-12-4-2-1-3-9(10)12/h1-4,8,10-11,15,18H,5-7H2/t8-,10?,11+/m0/s1. The summed E-state index contributed by atoms with van der Waals surface area (Å²) in [5.41, 5.74) is 1.10. The number of aliphatic hydroxyl groups excluding tert-OH is 1. The Balaban J connectivity index is 1.60. The Morgan fingerprint density at radius 2 is 2.20 bits per heavy atom. The highest BCUT2D eigenvalue weighted by Gasteiger charge is 2.32. The second-order valence-electron chi connectivity index (χ2n) is 5.24. The molecule has 20 heavy (non-hydrogen) atoms. The van der Waals surface area contributed by atoms with Crippen molar-refractivity contribution in [2.45, 2.75) is 24.5 Å². The van der Waals surface area contributed by atoms with Gasteiger partial charge in [-0.3, -0.25) is 0 Å². The molecule has 1 unspecified atom stereocenters. The summed E-state index contributed by atoms with van der Waals surface area (Å²) < 4.78 is 11.0. The van der Waals surface area contributed by atoms with Crippen molar-refractivity contribution in [3.63, 3.8) is 0 Å². The molecule has 4 rings (SSSR count). The number of β-amino-alcohol motifs (C(OH)–C–C–N with tert-alkyl or cyclic N) is 1. The zero-order valence-corrected chi connectivity index (χ0v) is 10.8. The van der Waals surface area contributed by atoms with Crippen LogP contribution in [0, 0.1) is 0 Å². The maximum absolute atomic E-state index is 9.54. The third kappa shape index (κ3) is 1.88. The third-order valence-corrected chi connectivity index (χ3v) is 3.87. The van der Waals surface area contributed by atoms with Crippen LogP contribution in [0.2, 0.25) is 0 Å². The van der Waals surface area contributed by atoms with Crippen LogP contribution < -0.4 is 10.1 Å². The van der Waals surface area contributed by atoms with Crippen LogP contribution in [0.15, 0.2) is 28.8 Å². The molecule has 0 spiro atoms. The van der Waals surface area contributed by atoms with E-state index < -0.39 is 0 Å². The molecule has 1 aromatic carbocycles. The predicted molar refractivity (Wildman–Crippen MR) is 69.4 cm³/mol. The zero-order valence-electron chi connectivity index (χ0n) is 10.8. The lowest BCUT2D eigenvalue weighted by molar-refractivity contribution is 0.191. The molecular formula is C14H15N3O3. The Bertz CT molecular complexity index is 628. The summed E-state index contributed by atoms with van der Waals surface area (Å²) >= 11 is 0. The molecule has 1 saturated heterocycles. The number of aliphatic hydroxyl groups is 1. The Hall–Kier alpha value is -1.92. The minimum absolute atomic E-state index is 0.0232. The number of rotatable bonds is 2. The molecule has 0 aliphatic carbocycles. The van der Waals surface area contributed by atoms with Gasteiger partial charge in [0.1, 0.15) is 12.4 Å². The molecule has 0 radical (unpaired) electrons. The minimum atomic E-state index is -0.342. The minimum Gasteiger partial charge on any atom is -0.492 e. The summed E-state index contributed by atoms with van der Waals surface area (Å²) in [5.74, 6) is 2.10. The molecule has 1 fully saturated rings. The first-order chi connectivity index (χ1) is 9.81. The van der Waals surface area contributed by atoms with Crippen molar-refractivity contribution in [3.05, 3.63) is 41.5 Å². The van der Waals surface area contributed by atoms with Gasteiger partial charge in [0.25, 0.3) is 0 Å². The van der Waals surface area contributed by atoms with Crippen LogP contribution >= 0.6 is 0 Å². The second-order valence-corrected chi connectivity index (χ2v) is 5.24. The number of nitrogens with one attached hydrogen (secondary N) is 1. The van der Waals surface area contributed by atoms with E-state index >= 15 is 0 Å². The van der Waals surface area contributed by atoms with Gasteiger partial charge < -0.3 is 19.7 Å². The fraction of sp³-hybridized carbons (Fsp3) is 0.429. The number of hydrogen-bond acceptors (Lipinski definition) is 6. The summed E-state index contributed by atoms with van der Waals surface area (Å²) in [6.45, 7) is 1.11. The maximum atomic E-state index is 9.54. The summed E-state index contributed by atoms with van der Waals surface area (Å²) in [4.78, 5) is 4.48. The number of benzene rings is 1. The molecule has 3 atom stereocenters. The van der Waals surface area contributed by atoms with Crippen LogP contribution in [0.1, 0.15) is 35.7 Å². The van der Waals surface area contributed by atoms with Crippen molar-refractivity contribution < 1.29 is 14.4 Å². The first-order valence-electron chi connectivity index (χ1n) is 6.78. The van der Waals surface area contributed by atoms with Crippen LogP contribution in [0.25, 0.3) is 0 Å². The summed E-state index contributed by atoms with van der Waals surface area (Å²) in [6.07, 6.45) is 0.269. The van der Waals surface area contributed by atoms with E-state index in [-0.39, 0.29) is 18.1 Å². The highest BCUT2D eigenvalue weighted by Crippen LogP contribution is 2.37. The fourth-order valence-corrected chi connectivity index (χ4v) is 2.81. The third-order valence-electron chi connectivity index (χ3n) is 3.87. The van der Waals surface area contributed by atoms with Gasteiger partial charge in [-0.2, -0.15) is 4.98 Å². The molecule has 0 amide bonds. The molecule has 2 aliphatic heterocycles. The quantitative estimate of drug-likeness (QED) is 0.849. The Labute approximate surface area is 115 Å². The van der Waals surface area contributed by atoms with Gasteiger partial charge in [-0.25, -0.2) is 0 Å². The van der Waals surface area contributed by atoms with E-state index in [0.717, 1.165) is 11.3 Å². The van der Waals surface area contributed by atoms with Gasteiger partial charge >= 0.3 is 0 Å². The molecule has 2 aromatic rings. The Morgan fingerprint density at radius 3 is 3.05 bits per heavy atom. The first kappa shape index (κ1) is 11.9. The molecule has 3 heterocycles. The van der Waals surface area contributed by atoms with Gasteiger partial charge in [0.2, 0.25) is 5.89 Å². The van der Waals surface area contributed by atoms with E-state index in [2.05, 4.69) is 15.5 Å². The number of hydrogen-bond donors (Lipinski definition) is 2. The van der Waals surface area contributed by atoms with E-state index in [9.17, 15) is 5.11 Å². The normalized spacial score (nSPS) is 28.4. The van der Waals surface area contributed by atoms with E-state index in [1.807, 2.05) is 24.3 Å². The molecule has 2 aliphatic rings. The van der Waals surface area contributed by atoms with Crippen molar-refractivity contribution in [3.8, 4) is 5.75 Å². The van der Waals surface area contributed by atoms with Crippen LogP contribution in [0.5, 0.6) is 5.75 Å². The number of para-hydroxylation sites is 1. The monoisotopic (exact) mass is 273 g/mol. The highest BCUT2D eigenvalue weighted by molar-refractivity contribution is 5.42. The largest absolute Gasteiger partial charge is 0.492 e. The lowest BCUT2D eigenvalue weighted by atomic mass is 10.0. The maximum Gasteiger partial charge on any atom is 0.243 e. The van der Waals surface area contributed by atoms with E-state index in [0.29, 0.717) is 31.3 Å². The molecule has 2 N–H and O–H groups in total. The number of fused-ring (bicyclic) bond motifs is 1. The van der Waals surface area contributed by atoms with E-state index in [4.69, 9.17) is 9.26 Å². The van der Waals surface area contributed by atoms with Gasteiger partial charge in [0.15, 0.2) is 5.82 Å². The molecule has 0 saturated carbocycles. The average Bonchev–Trinajstić information content (AvgIpc) is 3.15. The number of aromatic nitrogens is 2. The molecule has 1 aromatic heterocycles. The van der Waals surface area contributed by atoms with Crippen LogP contribution in [0.4, 0.5) is 0 Å². The van der Waals surface area contributed by atoms with Crippen molar-refractivity contribution in [2.75, 3.05) is 13.2 Å². The molecule has 6 heteroatoms. The first-order valence-corrected chi connectivity index (χ1v) is 6.78. The van der Waals surface area contributed by atoms with Gasteiger partial charge in [0, 0.05) is 12.1 Å². The van der Waals surface area contributed by atoms with Crippen molar-refractivity contribution in [1.29, 1.82) is 0 Å². The van der Waals surface area contributed by atoms with Crippen LogP contribution in [-0.4, -0.2) is 34.5 Å². The second kappa shape index (κ2) is 4.57. The van der Waals surface area contributed by atoms with Crippen molar-refractivity contribution in [2.24, 2.45) is 0 Å². The average molecular weight is 273 g/mol. The van der Waals surface area contributed by atoms with Crippen LogP contribution in [0.3, 0.4) is 0 Å². The smallest absolute Gasteiger partial charge is 0.243 e. The van der Waals surface area contributed by atoms with Crippen molar-refractivity contribution >= 4 is 0 Å².